The van der Waals surface area contributed by atoms with Crippen LogP contribution in [0.2, 0.25) is 0 Å². The minimum absolute atomic E-state index is 0.239. The highest BCUT2D eigenvalue weighted by molar-refractivity contribution is 9.10. The van der Waals surface area contributed by atoms with E-state index < -0.39 is 6.03 Å². The van der Waals surface area contributed by atoms with Crippen LogP contribution < -0.4 is 15.1 Å². The smallest absolute Gasteiger partial charge is 0.345 e. The van der Waals surface area contributed by atoms with E-state index in [2.05, 4.69) is 34.2 Å². The van der Waals surface area contributed by atoms with Crippen molar-refractivity contribution in [3.63, 3.8) is 0 Å². The molecular weight excluding hydrogens is 372 g/mol. The van der Waals surface area contributed by atoms with E-state index in [1.165, 1.54) is 12.6 Å². The molecule has 0 atom stereocenters. The summed E-state index contributed by atoms with van der Waals surface area (Å²) in [5.74, 6) is 0.783. The number of nitrogens with zero attached hydrogens (tertiary/aromatic N) is 1. The Balaban J connectivity index is 2.22. The number of urea groups is 1. The van der Waals surface area contributed by atoms with Crippen molar-refractivity contribution < 1.29 is 14.7 Å². The van der Waals surface area contributed by atoms with Crippen LogP contribution in [0.1, 0.15) is 23.6 Å². The van der Waals surface area contributed by atoms with Gasteiger partial charge in [-0.3, -0.25) is 5.21 Å². The molecule has 0 aliphatic rings. The van der Waals surface area contributed by atoms with E-state index in [9.17, 15) is 10.0 Å². The molecule has 24 heavy (non-hydrogen) atoms. The zero-order valence-corrected chi connectivity index (χ0v) is 15.6. The van der Waals surface area contributed by atoms with Crippen LogP contribution in [0.25, 0.3) is 0 Å². The van der Waals surface area contributed by atoms with E-state index >= 15 is 0 Å². The molecule has 0 fully saturated rings. The summed E-state index contributed by atoms with van der Waals surface area (Å²) in [6, 6.07) is 10.8. The van der Waals surface area contributed by atoms with Gasteiger partial charge in [-0.2, -0.15) is 5.06 Å². The number of rotatable bonds is 5. The standard InChI is InChI=1S/C18H21BrN2O3/c1-4-13-5-8-17(12(2)9-13)24-11-14-6-7-15(19)10-16(14)21(23)18(22)20-3/h5-10,23H,4,11H2,1-3H3,(H,20,22). The first kappa shape index (κ1) is 18.3. The number of carbonyl (C=O) groups excluding carboxylic acids is 1. The number of hydroxylamine groups is 1. The topological polar surface area (TPSA) is 61.8 Å². The van der Waals surface area contributed by atoms with Crippen molar-refractivity contribution in [2.45, 2.75) is 26.9 Å². The van der Waals surface area contributed by atoms with Gasteiger partial charge in [-0.15, -0.1) is 0 Å². The van der Waals surface area contributed by atoms with Crippen molar-refractivity contribution in [2.24, 2.45) is 0 Å². The van der Waals surface area contributed by atoms with Crippen LogP contribution in [0.15, 0.2) is 40.9 Å². The molecule has 0 bridgehead atoms. The number of halogens is 1. The molecule has 0 aliphatic carbocycles. The maximum atomic E-state index is 11.7. The van der Waals surface area contributed by atoms with E-state index in [0.717, 1.165) is 22.2 Å². The monoisotopic (exact) mass is 392 g/mol. The fraction of sp³-hybridized carbons (Fsp3) is 0.278. The van der Waals surface area contributed by atoms with Gasteiger partial charge < -0.3 is 10.1 Å². The number of amides is 2. The molecule has 0 unspecified atom stereocenters. The third kappa shape index (κ3) is 4.27. The number of benzene rings is 2. The molecule has 6 heteroatoms. The molecule has 2 N–H and O–H groups in total. The number of carbonyl (C=O) groups is 1. The molecule has 2 aromatic carbocycles. The fourth-order valence-electron chi connectivity index (χ4n) is 2.32. The normalized spacial score (nSPS) is 10.4. The van der Waals surface area contributed by atoms with Gasteiger partial charge >= 0.3 is 6.03 Å². The van der Waals surface area contributed by atoms with Gasteiger partial charge in [0.2, 0.25) is 0 Å². The summed E-state index contributed by atoms with van der Waals surface area (Å²) in [5, 5.41) is 13.0. The van der Waals surface area contributed by atoms with Gasteiger partial charge in [-0.1, -0.05) is 41.1 Å². The van der Waals surface area contributed by atoms with Gasteiger partial charge in [-0.05, 0) is 42.7 Å². The van der Waals surface area contributed by atoms with Gasteiger partial charge in [0.25, 0.3) is 0 Å². The molecule has 0 aliphatic heterocycles. The van der Waals surface area contributed by atoms with Crippen LogP contribution >= 0.6 is 15.9 Å². The first-order valence-electron chi connectivity index (χ1n) is 7.67. The van der Waals surface area contributed by atoms with Crippen molar-refractivity contribution in [3.8, 4) is 5.75 Å². The maximum absolute atomic E-state index is 11.7. The largest absolute Gasteiger partial charge is 0.489 e. The summed E-state index contributed by atoms with van der Waals surface area (Å²) in [6.45, 7) is 4.35. The minimum atomic E-state index is -0.613. The van der Waals surface area contributed by atoms with Gasteiger partial charge in [-0.25, -0.2) is 4.79 Å². The Morgan fingerprint density at radius 2 is 2.04 bits per heavy atom. The SMILES string of the molecule is CCc1ccc(OCc2ccc(Br)cc2N(O)C(=O)NC)c(C)c1. The first-order chi connectivity index (χ1) is 11.5. The molecular formula is C18H21BrN2O3. The lowest BCUT2D eigenvalue weighted by Crippen LogP contribution is -2.36. The molecule has 0 aromatic heterocycles. The third-order valence-corrected chi connectivity index (χ3v) is 4.21. The van der Waals surface area contributed by atoms with Crippen LogP contribution in [0.4, 0.5) is 10.5 Å². The van der Waals surface area contributed by atoms with Gasteiger partial charge in [0.05, 0.1) is 5.69 Å². The third-order valence-electron chi connectivity index (χ3n) is 3.71. The second-order valence-electron chi connectivity index (χ2n) is 5.38. The molecule has 2 amide bonds. The predicted octanol–water partition coefficient (Wildman–Crippen LogP) is 4.43. The predicted molar refractivity (Wildman–Crippen MR) is 97.8 cm³/mol. The molecule has 0 saturated heterocycles. The van der Waals surface area contributed by atoms with E-state index in [0.29, 0.717) is 16.3 Å². The van der Waals surface area contributed by atoms with E-state index in [1.54, 1.807) is 12.1 Å². The van der Waals surface area contributed by atoms with Gasteiger partial charge in [0.15, 0.2) is 0 Å². The number of ether oxygens (including phenoxy) is 1. The second kappa shape index (κ2) is 8.17. The lowest BCUT2D eigenvalue weighted by molar-refractivity contribution is 0.205. The summed E-state index contributed by atoms with van der Waals surface area (Å²) in [7, 11) is 1.46. The summed E-state index contributed by atoms with van der Waals surface area (Å²) in [6.07, 6.45) is 0.976. The molecule has 0 heterocycles. The Kier molecular flexibility index (Phi) is 6.23. The van der Waals surface area contributed by atoms with Crippen LogP contribution in [-0.2, 0) is 13.0 Å². The molecule has 128 valence electrons. The maximum Gasteiger partial charge on any atom is 0.345 e. The highest BCUT2D eigenvalue weighted by atomic mass is 79.9. The Morgan fingerprint density at radius 1 is 1.29 bits per heavy atom. The highest BCUT2D eigenvalue weighted by Gasteiger charge is 2.16. The Labute approximate surface area is 150 Å². The lowest BCUT2D eigenvalue weighted by Gasteiger charge is -2.19. The van der Waals surface area contributed by atoms with Crippen LogP contribution in [-0.4, -0.2) is 18.3 Å². The minimum Gasteiger partial charge on any atom is -0.489 e. The van der Waals surface area contributed by atoms with E-state index in [1.807, 2.05) is 25.1 Å². The van der Waals surface area contributed by atoms with E-state index in [-0.39, 0.29) is 6.61 Å². The molecule has 0 saturated carbocycles. The van der Waals surface area contributed by atoms with E-state index in [4.69, 9.17) is 4.74 Å². The molecule has 0 spiro atoms. The van der Waals surface area contributed by atoms with Gasteiger partial charge in [0, 0.05) is 17.1 Å². The van der Waals surface area contributed by atoms with Crippen LogP contribution in [0.5, 0.6) is 5.75 Å². The summed E-state index contributed by atoms with van der Waals surface area (Å²) < 4.78 is 6.64. The molecule has 5 nitrogen and oxygen atoms in total. The average molecular weight is 393 g/mol. The molecule has 2 rings (SSSR count). The zero-order valence-electron chi connectivity index (χ0n) is 14.0. The zero-order chi connectivity index (χ0) is 17.7. The second-order valence-corrected chi connectivity index (χ2v) is 6.30. The summed E-state index contributed by atoms with van der Waals surface area (Å²) in [5.41, 5.74) is 3.38. The van der Waals surface area contributed by atoms with Crippen molar-refractivity contribution in [1.29, 1.82) is 0 Å². The van der Waals surface area contributed by atoms with Crippen molar-refractivity contribution in [3.05, 3.63) is 57.6 Å². The first-order valence-corrected chi connectivity index (χ1v) is 8.47. The van der Waals surface area contributed by atoms with Crippen molar-refractivity contribution in [2.75, 3.05) is 12.1 Å². The Bertz CT molecular complexity index is 734. The lowest BCUT2D eigenvalue weighted by atomic mass is 10.1. The number of aryl methyl sites for hydroxylation is 2. The van der Waals surface area contributed by atoms with Crippen molar-refractivity contribution >= 4 is 27.6 Å². The number of anilines is 1. The summed E-state index contributed by atoms with van der Waals surface area (Å²) >= 11 is 3.35. The Morgan fingerprint density at radius 3 is 2.67 bits per heavy atom. The quantitative estimate of drug-likeness (QED) is 0.584. The average Bonchev–Trinajstić information content (AvgIpc) is 2.59. The Hall–Kier alpha value is -2.05. The number of hydrogen-bond acceptors (Lipinski definition) is 3. The number of nitrogens with one attached hydrogen (secondary N) is 1. The van der Waals surface area contributed by atoms with Crippen LogP contribution in [0.3, 0.4) is 0 Å². The van der Waals surface area contributed by atoms with Gasteiger partial charge in [0.1, 0.15) is 12.4 Å². The fourth-order valence-corrected chi connectivity index (χ4v) is 2.67. The number of hydrogen-bond donors (Lipinski definition) is 2. The molecule has 2 aromatic rings. The van der Waals surface area contributed by atoms with Crippen LogP contribution in [0, 0.1) is 6.92 Å². The van der Waals surface area contributed by atoms with Crippen molar-refractivity contribution in [1.82, 2.24) is 5.32 Å². The summed E-state index contributed by atoms with van der Waals surface area (Å²) in [4.78, 5) is 11.7. The highest BCUT2D eigenvalue weighted by Crippen LogP contribution is 2.27. The molecule has 0 radical (unpaired) electrons.